The van der Waals surface area contributed by atoms with Gasteiger partial charge in [-0.2, -0.15) is 0 Å². The van der Waals surface area contributed by atoms with E-state index in [0.717, 1.165) is 38.2 Å². The van der Waals surface area contributed by atoms with E-state index in [1.54, 1.807) is 20.8 Å². The van der Waals surface area contributed by atoms with E-state index in [0.29, 0.717) is 6.07 Å². The predicted molar refractivity (Wildman–Crippen MR) is 101 cm³/mol. The Morgan fingerprint density at radius 1 is 1.07 bits per heavy atom. The van der Waals surface area contributed by atoms with E-state index in [2.05, 4.69) is 5.32 Å². The fraction of sp³-hybridized carbons (Fsp3) is 0.619. The van der Waals surface area contributed by atoms with Crippen LogP contribution in [0, 0.1) is 17.5 Å². The van der Waals surface area contributed by atoms with Crippen LogP contribution in [0.3, 0.4) is 0 Å². The van der Waals surface area contributed by atoms with Gasteiger partial charge >= 0.3 is 12.1 Å². The van der Waals surface area contributed by atoms with E-state index < -0.39 is 41.2 Å². The monoisotopic (exact) mass is 415 g/mol. The molecule has 1 fully saturated rings. The Labute approximate surface area is 168 Å². The summed E-state index contributed by atoms with van der Waals surface area (Å²) in [5, 5.41) is 2.51. The van der Waals surface area contributed by atoms with Crippen molar-refractivity contribution in [2.24, 2.45) is 0 Å². The van der Waals surface area contributed by atoms with Crippen LogP contribution in [0.25, 0.3) is 0 Å². The second-order valence-corrected chi connectivity index (χ2v) is 8.36. The SMILES string of the molecule is CC(C)(C)OC(=O)NC(CC(=O)OC1CCCCC1)Cc1cc(F)c(F)cc1F. The molecule has 1 aliphatic rings. The largest absolute Gasteiger partial charge is 0.462 e. The lowest BCUT2D eigenvalue weighted by Gasteiger charge is -2.25. The van der Waals surface area contributed by atoms with Crippen molar-refractivity contribution in [1.29, 1.82) is 0 Å². The Balaban J connectivity index is 2.08. The first kappa shape index (κ1) is 23.0. The molecule has 1 unspecified atom stereocenters. The van der Waals surface area contributed by atoms with E-state index in [1.165, 1.54) is 0 Å². The molecule has 1 aromatic rings. The van der Waals surface area contributed by atoms with Crippen molar-refractivity contribution < 1.29 is 32.2 Å². The number of carbonyl (C=O) groups excluding carboxylic acids is 2. The normalized spacial score (nSPS) is 16.2. The molecule has 0 aliphatic heterocycles. The number of hydrogen-bond donors (Lipinski definition) is 1. The van der Waals surface area contributed by atoms with Crippen molar-refractivity contribution in [3.8, 4) is 0 Å². The second-order valence-electron chi connectivity index (χ2n) is 8.36. The highest BCUT2D eigenvalue weighted by Crippen LogP contribution is 2.22. The van der Waals surface area contributed by atoms with Gasteiger partial charge in [-0.1, -0.05) is 6.42 Å². The van der Waals surface area contributed by atoms with E-state index in [1.807, 2.05) is 0 Å². The minimum atomic E-state index is -1.31. The van der Waals surface area contributed by atoms with Gasteiger partial charge in [-0.25, -0.2) is 18.0 Å². The van der Waals surface area contributed by atoms with E-state index >= 15 is 0 Å². The lowest BCUT2D eigenvalue weighted by molar-refractivity contribution is -0.151. The van der Waals surface area contributed by atoms with Gasteiger partial charge in [0.05, 0.1) is 6.42 Å². The van der Waals surface area contributed by atoms with Crippen LogP contribution in [-0.4, -0.2) is 29.8 Å². The second kappa shape index (κ2) is 9.98. The van der Waals surface area contributed by atoms with Crippen LogP contribution >= 0.6 is 0 Å². The number of ether oxygens (including phenoxy) is 2. The highest BCUT2D eigenvalue weighted by molar-refractivity contribution is 5.73. The molecule has 0 saturated heterocycles. The lowest BCUT2D eigenvalue weighted by atomic mass is 9.97. The number of amides is 1. The highest BCUT2D eigenvalue weighted by atomic mass is 19.2. The minimum absolute atomic E-state index is 0.157. The predicted octanol–water partition coefficient (Wildman–Crippen LogP) is 4.81. The number of benzene rings is 1. The molecule has 2 rings (SSSR count). The van der Waals surface area contributed by atoms with Crippen LogP contribution < -0.4 is 5.32 Å². The van der Waals surface area contributed by atoms with Crippen molar-refractivity contribution in [3.05, 3.63) is 35.1 Å². The molecule has 1 aliphatic carbocycles. The molecule has 1 N–H and O–H groups in total. The first-order valence-corrected chi connectivity index (χ1v) is 9.86. The highest BCUT2D eigenvalue weighted by Gasteiger charge is 2.25. The maximum atomic E-state index is 14.0. The maximum absolute atomic E-state index is 14.0. The average Bonchev–Trinajstić information content (AvgIpc) is 2.58. The Hall–Kier alpha value is -2.25. The number of rotatable bonds is 6. The number of alkyl carbamates (subject to hydrolysis) is 1. The van der Waals surface area contributed by atoms with Crippen molar-refractivity contribution in [3.63, 3.8) is 0 Å². The van der Waals surface area contributed by atoms with Gasteiger partial charge < -0.3 is 14.8 Å². The summed E-state index contributed by atoms with van der Waals surface area (Å²) in [6.07, 6.45) is 3.22. The zero-order chi connectivity index (χ0) is 21.6. The van der Waals surface area contributed by atoms with Crippen molar-refractivity contribution in [2.75, 3.05) is 0 Å². The molecule has 0 spiro atoms. The van der Waals surface area contributed by atoms with Crippen LogP contribution in [-0.2, 0) is 20.7 Å². The average molecular weight is 415 g/mol. The third-order valence-electron chi connectivity index (χ3n) is 4.54. The number of nitrogens with one attached hydrogen (secondary N) is 1. The molecule has 162 valence electrons. The van der Waals surface area contributed by atoms with Crippen LogP contribution in [0.15, 0.2) is 12.1 Å². The molecule has 5 nitrogen and oxygen atoms in total. The van der Waals surface area contributed by atoms with Crippen LogP contribution in [0.5, 0.6) is 0 Å². The van der Waals surface area contributed by atoms with Crippen molar-refractivity contribution >= 4 is 12.1 Å². The summed E-state index contributed by atoms with van der Waals surface area (Å²) >= 11 is 0. The van der Waals surface area contributed by atoms with Gasteiger partial charge in [0.1, 0.15) is 17.5 Å². The molecule has 1 aromatic carbocycles. The Morgan fingerprint density at radius 2 is 1.69 bits per heavy atom. The molecule has 0 radical (unpaired) electrons. The molecule has 29 heavy (non-hydrogen) atoms. The molecule has 1 saturated carbocycles. The Kier molecular flexibility index (Phi) is 7.93. The molecule has 0 heterocycles. The number of carbonyl (C=O) groups is 2. The molecule has 1 amide bonds. The summed E-state index contributed by atoms with van der Waals surface area (Å²) in [6, 6.07) is 0.261. The molecular weight excluding hydrogens is 387 g/mol. The summed E-state index contributed by atoms with van der Waals surface area (Å²) in [6.45, 7) is 5.02. The summed E-state index contributed by atoms with van der Waals surface area (Å²) in [7, 11) is 0. The summed E-state index contributed by atoms with van der Waals surface area (Å²) in [4.78, 5) is 24.5. The standard InChI is InChI=1S/C21H28F3NO4/c1-21(2,3)29-20(27)25-14(9-13-10-17(23)18(24)12-16(13)22)11-19(26)28-15-7-5-4-6-8-15/h10,12,14-15H,4-9,11H2,1-3H3,(H,25,27). The minimum Gasteiger partial charge on any atom is -0.462 e. The van der Waals surface area contributed by atoms with Crippen molar-refractivity contribution in [1.82, 2.24) is 5.32 Å². The molecule has 0 bridgehead atoms. The van der Waals surface area contributed by atoms with Gasteiger partial charge in [0, 0.05) is 12.1 Å². The molecule has 1 atom stereocenters. The van der Waals surface area contributed by atoms with E-state index in [-0.39, 0.29) is 24.5 Å². The number of hydrogen-bond acceptors (Lipinski definition) is 4. The van der Waals surface area contributed by atoms with Crippen LogP contribution in [0.1, 0.15) is 64.9 Å². The zero-order valence-electron chi connectivity index (χ0n) is 17.0. The fourth-order valence-corrected chi connectivity index (χ4v) is 3.25. The van der Waals surface area contributed by atoms with Crippen LogP contribution in [0.2, 0.25) is 0 Å². The fourth-order valence-electron chi connectivity index (χ4n) is 3.25. The Morgan fingerprint density at radius 3 is 2.31 bits per heavy atom. The van der Waals surface area contributed by atoms with Gasteiger partial charge in [0.15, 0.2) is 11.6 Å². The summed E-state index contributed by atoms with van der Waals surface area (Å²) < 4.78 is 51.4. The lowest BCUT2D eigenvalue weighted by Crippen LogP contribution is -2.42. The number of halogens is 3. The first-order chi connectivity index (χ1) is 13.5. The summed E-state index contributed by atoms with van der Waals surface area (Å²) in [5.74, 6) is -4.01. The summed E-state index contributed by atoms with van der Waals surface area (Å²) in [5.41, 5.74) is -0.930. The quantitative estimate of drug-likeness (QED) is 0.535. The zero-order valence-corrected chi connectivity index (χ0v) is 17.0. The van der Waals surface area contributed by atoms with Gasteiger partial charge in [-0.15, -0.1) is 0 Å². The molecular formula is C21H28F3NO4. The van der Waals surface area contributed by atoms with E-state index in [9.17, 15) is 22.8 Å². The maximum Gasteiger partial charge on any atom is 0.407 e. The molecule has 0 aromatic heterocycles. The number of esters is 1. The third-order valence-corrected chi connectivity index (χ3v) is 4.54. The van der Waals surface area contributed by atoms with Gasteiger partial charge in [-0.05, 0) is 64.5 Å². The molecule has 8 heteroatoms. The smallest absolute Gasteiger partial charge is 0.407 e. The first-order valence-electron chi connectivity index (χ1n) is 9.86. The van der Waals surface area contributed by atoms with E-state index in [4.69, 9.17) is 9.47 Å². The van der Waals surface area contributed by atoms with Gasteiger partial charge in [0.2, 0.25) is 0 Å². The van der Waals surface area contributed by atoms with Crippen LogP contribution in [0.4, 0.5) is 18.0 Å². The van der Waals surface area contributed by atoms with Gasteiger partial charge in [-0.3, -0.25) is 4.79 Å². The van der Waals surface area contributed by atoms with Crippen molar-refractivity contribution in [2.45, 2.75) is 83.5 Å². The topological polar surface area (TPSA) is 64.6 Å². The van der Waals surface area contributed by atoms with Gasteiger partial charge in [0.25, 0.3) is 0 Å². The Bertz CT molecular complexity index is 727. The third kappa shape index (κ3) is 7.95.